The molecule has 0 spiro atoms. The fourth-order valence-corrected chi connectivity index (χ4v) is 3.84. The number of carbonyl (C=O) groups is 3. The minimum absolute atomic E-state index is 0.0964. The van der Waals surface area contributed by atoms with Crippen LogP contribution in [0.3, 0.4) is 0 Å². The average molecular weight is 508 g/mol. The molecule has 1 saturated heterocycles. The summed E-state index contributed by atoms with van der Waals surface area (Å²) in [6.45, 7) is -0.390. The summed E-state index contributed by atoms with van der Waals surface area (Å²) in [7, 11) is 0. The van der Waals surface area contributed by atoms with E-state index < -0.39 is 24.3 Å². The zero-order valence-electron chi connectivity index (χ0n) is 14.3. The van der Waals surface area contributed by atoms with Crippen molar-refractivity contribution in [1.82, 2.24) is 20.4 Å². The van der Waals surface area contributed by atoms with Gasteiger partial charge >= 0.3 is 0 Å². The molecule has 0 radical (unpaired) electrons. The first kappa shape index (κ1) is 18.7. The molecular weight excluding hydrogens is 495 g/mol. The van der Waals surface area contributed by atoms with Crippen molar-refractivity contribution in [2.24, 2.45) is 0 Å². The van der Waals surface area contributed by atoms with Crippen molar-refractivity contribution in [2.45, 2.75) is 12.8 Å². The molecule has 142 valence electrons. The molecule has 4 rings (SSSR count). The van der Waals surface area contributed by atoms with E-state index >= 15 is 0 Å². The van der Waals surface area contributed by atoms with Gasteiger partial charge in [-0.25, -0.2) is 4.98 Å². The molecule has 0 atom stereocenters. The third-order valence-electron chi connectivity index (χ3n) is 3.99. The Balaban J connectivity index is 1.58. The first-order valence-corrected chi connectivity index (χ1v) is 10.3. The number of rotatable bonds is 5. The van der Waals surface area contributed by atoms with E-state index in [4.69, 9.17) is 4.74 Å². The van der Waals surface area contributed by atoms with Gasteiger partial charge in [0.05, 0.1) is 15.8 Å². The molecule has 8 nitrogen and oxygen atoms in total. The van der Waals surface area contributed by atoms with Gasteiger partial charge in [0.15, 0.2) is 12.4 Å². The SMILES string of the molecule is O=C(COc1nc(-c2cccs2)nc2ccc(I)cc12)NN1C(=O)CCC1=O. The van der Waals surface area contributed by atoms with Crippen molar-refractivity contribution < 1.29 is 19.1 Å². The van der Waals surface area contributed by atoms with Gasteiger partial charge in [0.25, 0.3) is 5.91 Å². The maximum Gasteiger partial charge on any atom is 0.276 e. The molecule has 1 N–H and O–H groups in total. The predicted octanol–water partition coefficient (Wildman–Crippen LogP) is 2.52. The van der Waals surface area contributed by atoms with Crippen LogP contribution in [0.1, 0.15) is 12.8 Å². The fourth-order valence-electron chi connectivity index (χ4n) is 2.69. The monoisotopic (exact) mass is 508 g/mol. The number of ether oxygens (including phenoxy) is 1. The van der Waals surface area contributed by atoms with Gasteiger partial charge in [-0.1, -0.05) is 6.07 Å². The van der Waals surface area contributed by atoms with Gasteiger partial charge in [-0.2, -0.15) is 9.99 Å². The number of fused-ring (bicyclic) bond motifs is 1. The summed E-state index contributed by atoms with van der Waals surface area (Å²) in [6, 6.07) is 9.47. The second-order valence-corrected chi connectivity index (χ2v) is 8.13. The van der Waals surface area contributed by atoms with E-state index in [0.29, 0.717) is 16.7 Å². The summed E-state index contributed by atoms with van der Waals surface area (Å²) in [5.41, 5.74) is 2.97. The summed E-state index contributed by atoms with van der Waals surface area (Å²) in [5, 5.41) is 3.34. The molecule has 1 fully saturated rings. The van der Waals surface area contributed by atoms with E-state index in [9.17, 15) is 14.4 Å². The zero-order valence-corrected chi connectivity index (χ0v) is 17.3. The van der Waals surface area contributed by atoms with E-state index in [1.807, 2.05) is 35.7 Å². The number of benzene rings is 1. The van der Waals surface area contributed by atoms with Gasteiger partial charge in [-0.3, -0.25) is 19.8 Å². The molecule has 3 aromatic rings. The molecule has 0 aliphatic carbocycles. The number of hydrazine groups is 1. The van der Waals surface area contributed by atoms with Gasteiger partial charge in [-0.15, -0.1) is 11.3 Å². The van der Waals surface area contributed by atoms with Gasteiger partial charge in [0.1, 0.15) is 0 Å². The Morgan fingerprint density at radius 3 is 2.71 bits per heavy atom. The highest BCUT2D eigenvalue weighted by atomic mass is 127. The van der Waals surface area contributed by atoms with Crippen molar-refractivity contribution in [3.8, 4) is 16.6 Å². The smallest absolute Gasteiger partial charge is 0.276 e. The topological polar surface area (TPSA) is 101 Å². The summed E-state index contributed by atoms with van der Waals surface area (Å²) >= 11 is 3.67. The number of thiophene rings is 1. The molecule has 0 bridgehead atoms. The van der Waals surface area contributed by atoms with Crippen molar-refractivity contribution in [3.05, 3.63) is 39.3 Å². The quantitative estimate of drug-likeness (QED) is 0.420. The maximum atomic E-state index is 12.2. The highest BCUT2D eigenvalue weighted by Crippen LogP contribution is 2.29. The number of imide groups is 1. The lowest BCUT2D eigenvalue weighted by molar-refractivity contribution is -0.148. The largest absolute Gasteiger partial charge is 0.467 e. The molecular formula is C18H13IN4O4S. The van der Waals surface area contributed by atoms with Crippen LogP contribution in [-0.4, -0.2) is 39.3 Å². The van der Waals surface area contributed by atoms with E-state index in [2.05, 4.69) is 38.0 Å². The minimum atomic E-state index is -0.612. The third kappa shape index (κ3) is 3.83. The van der Waals surface area contributed by atoms with Gasteiger partial charge < -0.3 is 4.74 Å². The summed E-state index contributed by atoms with van der Waals surface area (Å²) < 4.78 is 6.62. The molecule has 1 aliphatic heterocycles. The van der Waals surface area contributed by atoms with E-state index in [1.165, 1.54) is 11.3 Å². The second kappa shape index (κ2) is 7.80. The molecule has 3 heterocycles. The molecule has 1 aromatic carbocycles. The van der Waals surface area contributed by atoms with Crippen LogP contribution in [0.2, 0.25) is 0 Å². The molecule has 1 aliphatic rings. The standard InChI is InChI=1S/C18H13IN4O4S/c19-10-3-4-12-11(8-10)18(21-17(20-12)13-2-1-7-28-13)27-9-14(24)22-23-15(25)5-6-16(23)26/h1-4,7-8H,5-6,9H2,(H,22,24). The highest BCUT2D eigenvalue weighted by molar-refractivity contribution is 14.1. The highest BCUT2D eigenvalue weighted by Gasteiger charge is 2.30. The molecule has 3 amide bonds. The van der Waals surface area contributed by atoms with E-state index in [1.54, 1.807) is 0 Å². The zero-order chi connectivity index (χ0) is 19.7. The number of carbonyl (C=O) groups excluding carboxylic acids is 3. The number of hydrogen-bond donors (Lipinski definition) is 1. The molecule has 10 heteroatoms. The normalized spacial score (nSPS) is 14.0. The van der Waals surface area contributed by atoms with E-state index in [-0.39, 0.29) is 18.7 Å². The van der Waals surface area contributed by atoms with Crippen LogP contribution < -0.4 is 10.2 Å². The number of nitrogens with one attached hydrogen (secondary N) is 1. The number of amides is 3. The van der Waals surface area contributed by atoms with E-state index in [0.717, 1.165) is 13.5 Å². The summed E-state index contributed by atoms with van der Waals surface area (Å²) in [6.07, 6.45) is 0.193. The van der Waals surface area contributed by atoms with Crippen LogP contribution in [0.4, 0.5) is 0 Å². The Hall–Kier alpha value is -2.60. The first-order chi connectivity index (χ1) is 13.5. The van der Waals surface area contributed by atoms with Gasteiger partial charge in [-0.05, 0) is 52.2 Å². The summed E-state index contributed by atoms with van der Waals surface area (Å²) in [5.74, 6) is -0.704. The van der Waals surface area contributed by atoms with Crippen LogP contribution in [-0.2, 0) is 14.4 Å². The lowest BCUT2D eigenvalue weighted by Gasteiger charge is -2.15. The van der Waals surface area contributed by atoms with Crippen molar-refractivity contribution >= 4 is 62.6 Å². The maximum absolute atomic E-state index is 12.2. The number of nitrogens with zero attached hydrogens (tertiary/aromatic N) is 3. The molecule has 2 aromatic heterocycles. The van der Waals surface area contributed by atoms with Gasteiger partial charge in [0, 0.05) is 16.4 Å². The first-order valence-electron chi connectivity index (χ1n) is 8.30. The Kier molecular flexibility index (Phi) is 5.22. The Labute approximate surface area is 177 Å². The number of hydrogen-bond acceptors (Lipinski definition) is 7. The Morgan fingerprint density at radius 2 is 2.00 bits per heavy atom. The Morgan fingerprint density at radius 1 is 1.21 bits per heavy atom. The van der Waals surface area contributed by atoms with Crippen LogP contribution in [0.15, 0.2) is 35.7 Å². The second-order valence-electron chi connectivity index (χ2n) is 5.94. The lowest BCUT2D eigenvalue weighted by atomic mass is 10.2. The van der Waals surface area contributed by atoms with Crippen LogP contribution in [0.5, 0.6) is 5.88 Å². The predicted molar refractivity (Wildman–Crippen MR) is 110 cm³/mol. The Bertz CT molecular complexity index is 1070. The van der Waals surface area contributed by atoms with Crippen LogP contribution in [0.25, 0.3) is 21.6 Å². The molecule has 0 saturated carbocycles. The minimum Gasteiger partial charge on any atom is -0.467 e. The van der Waals surface area contributed by atoms with Crippen molar-refractivity contribution in [1.29, 1.82) is 0 Å². The number of aromatic nitrogens is 2. The van der Waals surface area contributed by atoms with Crippen molar-refractivity contribution in [3.63, 3.8) is 0 Å². The molecule has 0 unspecified atom stereocenters. The van der Waals surface area contributed by atoms with Crippen LogP contribution >= 0.6 is 33.9 Å². The fraction of sp³-hybridized carbons (Fsp3) is 0.167. The molecule has 28 heavy (non-hydrogen) atoms. The summed E-state index contributed by atoms with van der Waals surface area (Å²) in [4.78, 5) is 45.3. The average Bonchev–Trinajstić information content (AvgIpc) is 3.32. The third-order valence-corrected chi connectivity index (χ3v) is 5.53. The van der Waals surface area contributed by atoms with Crippen LogP contribution in [0, 0.1) is 3.57 Å². The van der Waals surface area contributed by atoms with Gasteiger partial charge in [0.2, 0.25) is 17.7 Å². The number of halogens is 1. The lowest BCUT2D eigenvalue weighted by Crippen LogP contribution is -2.47. The van der Waals surface area contributed by atoms with Crippen molar-refractivity contribution in [2.75, 3.05) is 6.61 Å².